The third kappa shape index (κ3) is 2.35. The van der Waals surface area contributed by atoms with Crippen molar-refractivity contribution in [2.75, 3.05) is 4.90 Å². The molecule has 0 bridgehead atoms. The largest absolute Gasteiger partial charge is 0.274 e. The van der Waals surface area contributed by atoms with Crippen LogP contribution in [0, 0.1) is 0 Å². The summed E-state index contributed by atoms with van der Waals surface area (Å²) in [5.74, 6) is 0.0144. The molecule has 0 saturated carbocycles. The van der Waals surface area contributed by atoms with Gasteiger partial charge in [-0.25, -0.2) is 0 Å². The van der Waals surface area contributed by atoms with Crippen molar-refractivity contribution in [3.05, 3.63) is 65.2 Å². The molecule has 1 heterocycles. The lowest BCUT2D eigenvalue weighted by molar-refractivity contribution is -0.116. The van der Waals surface area contributed by atoms with Gasteiger partial charge in [-0.15, -0.1) is 0 Å². The SMILES string of the molecule is O=C1CC(c2ccccc2)C(=S)N1c1ccc(Cl)cc1. The fourth-order valence-corrected chi connectivity index (χ4v) is 2.99. The number of amides is 1. The van der Waals surface area contributed by atoms with Gasteiger partial charge in [0.15, 0.2) is 0 Å². The van der Waals surface area contributed by atoms with E-state index in [1.165, 1.54) is 0 Å². The standard InChI is InChI=1S/C16H12ClNOS/c17-12-6-8-13(9-7-12)18-15(19)10-14(16(18)20)11-4-2-1-3-5-11/h1-9,14H,10H2. The van der Waals surface area contributed by atoms with E-state index in [-0.39, 0.29) is 11.8 Å². The Bertz CT molecular complexity index is 654. The molecule has 2 aromatic rings. The van der Waals surface area contributed by atoms with Gasteiger partial charge in [0.1, 0.15) is 0 Å². The third-order valence-corrected chi connectivity index (χ3v) is 4.15. The Hall–Kier alpha value is -1.71. The van der Waals surface area contributed by atoms with E-state index in [1.807, 2.05) is 42.5 Å². The molecular formula is C16H12ClNOS. The molecule has 0 N–H and O–H groups in total. The Kier molecular flexibility index (Phi) is 3.55. The fraction of sp³-hybridized carbons (Fsp3) is 0.125. The smallest absolute Gasteiger partial charge is 0.233 e. The maximum atomic E-state index is 12.3. The van der Waals surface area contributed by atoms with Gasteiger partial charge in [-0.05, 0) is 29.8 Å². The van der Waals surface area contributed by atoms with Crippen LogP contribution in [0.1, 0.15) is 17.9 Å². The highest BCUT2D eigenvalue weighted by molar-refractivity contribution is 7.80. The highest BCUT2D eigenvalue weighted by Crippen LogP contribution is 2.34. The van der Waals surface area contributed by atoms with Crippen molar-refractivity contribution in [2.45, 2.75) is 12.3 Å². The average molecular weight is 302 g/mol. The first kappa shape index (κ1) is 13.3. The van der Waals surface area contributed by atoms with Crippen molar-refractivity contribution in [3.8, 4) is 0 Å². The van der Waals surface area contributed by atoms with Crippen molar-refractivity contribution in [1.82, 2.24) is 0 Å². The minimum atomic E-state index is -0.0191. The number of carbonyl (C=O) groups is 1. The summed E-state index contributed by atoms with van der Waals surface area (Å²) in [6.45, 7) is 0. The van der Waals surface area contributed by atoms with Crippen LogP contribution in [0.15, 0.2) is 54.6 Å². The lowest BCUT2D eigenvalue weighted by atomic mass is 9.98. The van der Waals surface area contributed by atoms with Gasteiger partial charge in [0, 0.05) is 23.0 Å². The van der Waals surface area contributed by atoms with E-state index in [0.29, 0.717) is 16.4 Å². The highest BCUT2D eigenvalue weighted by Gasteiger charge is 2.36. The Balaban J connectivity index is 1.93. The molecule has 1 saturated heterocycles. The number of anilines is 1. The Morgan fingerprint density at radius 2 is 1.70 bits per heavy atom. The van der Waals surface area contributed by atoms with Gasteiger partial charge < -0.3 is 0 Å². The molecule has 1 amide bonds. The number of rotatable bonds is 2. The molecule has 0 aromatic heterocycles. The first-order valence-electron chi connectivity index (χ1n) is 6.34. The molecule has 1 unspecified atom stereocenters. The molecule has 0 aliphatic carbocycles. The average Bonchev–Trinajstić information content (AvgIpc) is 2.76. The Morgan fingerprint density at radius 1 is 1.05 bits per heavy atom. The summed E-state index contributed by atoms with van der Waals surface area (Å²) >= 11 is 11.4. The van der Waals surface area contributed by atoms with Crippen LogP contribution in [-0.4, -0.2) is 10.9 Å². The van der Waals surface area contributed by atoms with E-state index in [2.05, 4.69) is 0 Å². The number of halogens is 1. The van der Waals surface area contributed by atoms with E-state index in [1.54, 1.807) is 17.0 Å². The molecule has 3 rings (SSSR count). The summed E-state index contributed by atoms with van der Waals surface area (Å²) in [7, 11) is 0. The molecule has 100 valence electrons. The molecule has 1 aliphatic rings. The monoisotopic (exact) mass is 301 g/mol. The summed E-state index contributed by atoms with van der Waals surface area (Å²) in [6.07, 6.45) is 0.422. The van der Waals surface area contributed by atoms with E-state index in [4.69, 9.17) is 23.8 Å². The number of nitrogens with zero attached hydrogens (tertiary/aromatic N) is 1. The van der Waals surface area contributed by atoms with E-state index >= 15 is 0 Å². The van der Waals surface area contributed by atoms with Crippen LogP contribution in [0.5, 0.6) is 0 Å². The zero-order chi connectivity index (χ0) is 14.1. The van der Waals surface area contributed by atoms with Gasteiger partial charge in [0.25, 0.3) is 0 Å². The number of carbonyl (C=O) groups excluding carboxylic acids is 1. The molecule has 1 aliphatic heterocycles. The maximum Gasteiger partial charge on any atom is 0.233 e. The van der Waals surface area contributed by atoms with Gasteiger partial charge in [-0.2, -0.15) is 0 Å². The van der Waals surface area contributed by atoms with Crippen molar-refractivity contribution in [2.24, 2.45) is 0 Å². The summed E-state index contributed by atoms with van der Waals surface area (Å²) in [4.78, 5) is 14.5. The lowest BCUT2D eigenvalue weighted by Gasteiger charge is -2.18. The van der Waals surface area contributed by atoms with Crippen LogP contribution in [0.3, 0.4) is 0 Å². The van der Waals surface area contributed by atoms with Crippen molar-refractivity contribution >= 4 is 40.4 Å². The molecule has 20 heavy (non-hydrogen) atoms. The number of hydrogen-bond acceptors (Lipinski definition) is 2. The quantitative estimate of drug-likeness (QED) is 0.775. The lowest BCUT2D eigenvalue weighted by Crippen LogP contribution is -2.28. The predicted molar refractivity (Wildman–Crippen MR) is 85.3 cm³/mol. The molecule has 2 aromatic carbocycles. The van der Waals surface area contributed by atoms with Gasteiger partial charge in [0.2, 0.25) is 5.91 Å². The van der Waals surface area contributed by atoms with E-state index < -0.39 is 0 Å². The van der Waals surface area contributed by atoms with Crippen LogP contribution in [0.25, 0.3) is 0 Å². The van der Waals surface area contributed by atoms with Gasteiger partial charge in [-0.1, -0.05) is 54.2 Å². The highest BCUT2D eigenvalue weighted by atomic mass is 35.5. The molecule has 1 fully saturated rings. The predicted octanol–water partition coefficient (Wildman–Crippen LogP) is 4.19. The number of hydrogen-bond donors (Lipinski definition) is 0. The van der Waals surface area contributed by atoms with Crippen LogP contribution in [0.2, 0.25) is 5.02 Å². The minimum absolute atomic E-state index is 0.0191. The summed E-state index contributed by atoms with van der Waals surface area (Å²) in [5.41, 5.74) is 1.87. The molecule has 1 atom stereocenters. The maximum absolute atomic E-state index is 12.3. The fourth-order valence-electron chi connectivity index (χ4n) is 2.44. The second-order valence-electron chi connectivity index (χ2n) is 4.71. The first-order valence-corrected chi connectivity index (χ1v) is 7.13. The molecule has 0 radical (unpaired) electrons. The molecular weight excluding hydrogens is 290 g/mol. The normalized spacial score (nSPS) is 18.6. The van der Waals surface area contributed by atoms with Crippen LogP contribution < -0.4 is 4.90 Å². The molecule has 4 heteroatoms. The van der Waals surface area contributed by atoms with Crippen LogP contribution in [0.4, 0.5) is 5.69 Å². The van der Waals surface area contributed by atoms with E-state index in [0.717, 1.165) is 11.3 Å². The minimum Gasteiger partial charge on any atom is -0.274 e. The Labute approximate surface area is 128 Å². The van der Waals surface area contributed by atoms with Gasteiger partial charge in [-0.3, -0.25) is 9.69 Å². The van der Waals surface area contributed by atoms with Gasteiger partial charge >= 0.3 is 0 Å². The first-order chi connectivity index (χ1) is 9.66. The third-order valence-electron chi connectivity index (χ3n) is 3.43. The van der Waals surface area contributed by atoms with Crippen molar-refractivity contribution < 1.29 is 4.79 Å². The zero-order valence-corrected chi connectivity index (χ0v) is 12.2. The Morgan fingerprint density at radius 3 is 2.35 bits per heavy atom. The second-order valence-corrected chi connectivity index (χ2v) is 5.57. The topological polar surface area (TPSA) is 20.3 Å². The number of benzene rings is 2. The van der Waals surface area contributed by atoms with Crippen LogP contribution >= 0.6 is 23.8 Å². The molecule has 0 spiro atoms. The molecule has 2 nitrogen and oxygen atoms in total. The summed E-state index contributed by atoms with van der Waals surface area (Å²) < 4.78 is 0. The van der Waals surface area contributed by atoms with Crippen molar-refractivity contribution in [3.63, 3.8) is 0 Å². The van der Waals surface area contributed by atoms with Crippen molar-refractivity contribution in [1.29, 1.82) is 0 Å². The van der Waals surface area contributed by atoms with E-state index in [9.17, 15) is 4.79 Å². The second kappa shape index (κ2) is 5.35. The van der Waals surface area contributed by atoms with Crippen LogP contribution in [-0.2, 0) is 4.79 Å². The number of thiocarbonyl (C=S) groups is 1. The summed E-state index contributed by atoms with van der Waals surface area (Å²) in [5, 5.41) is 0.644. The summed E-state index contributed by atoms with van der Waals surface area (Å²) in [6, 6.07) is 17.1. The van der Waals surface area contributed by atoms with Gasteiger partial charge in [0.05, 0.1) is 4.99 Å². The zero-order valence-electron chi connectivity index (χ0n) is 10.6.